The Kier molecular flexibility index (Phi) is 4.01. The smallest absolute Gasteiger partial charge is 0.343 e. The summed E-state index contributed by atoms with van der Waals surface area (Å²) in [5, 5.41) is 4.68. The van der Waals surface area contributed by atoms with Crippen molar-refractivity contribution in [1.82, 2.24) is 14.8 Å². The van der Waals surface area contributed by atoms with Crippen LogP contribution in [0.5, 0.6) is 5.88 Å². The predicted octanol–water partition coefficient (Wildman–Crippen LogP) is 1.69. The number of aromatic nitrogens is 3. The van der Waals surface area contributed by atoms with Gasteiger partial charge in [0.2, 0.25) is 5.88 Å². The number of hydrogen-bond donors (Lipinski definition) is 0. The van der Waals surface area contributed by atoms with Crippen molar-refractivity contribution in [3.8, 4) is 17.1 Å². The van der Waals surface area contributed by atoms with Crippen molar-refractivity contribution in [2.45, 2.75) is 0 Å². The zero-order chi connectivity index (χ0) is 13.8. The van der Waals surface area contributed by atoms with Crippen LogP contribution in [-0.4, -0.2) is 34.5 Å². The van der Waals surface area contributed by atoms with Gasteiger partial charge in [-0.2, -0.15) is 0 Å². The van der Waals surface area contributed by atoms with E-state index in [1.165, 1.54) is 7.11 Å². The molecule has 7 heteroatoms. The first-order valence-electron chi connectivity index (χ1n) is 5.44. The number of methoxy groups -OCH3 is 1. The molecule has 2 aromatic heterocycles. The van der Waals surface area contributed by atoms with E-state index in [2.05, 4.69) is 14.8 Å². The van der Waals surface area contributed by atoms with Crippen molar-refractivity contribution in [3.63, 3.8) is 0 Å². The minimum atomic E-state index is -0.461. The first kappa shape index (κ1) is 13.4. The summed E-state index contributed by atoms with van der Waals surface area (Å²) in [4.78, 5) is 15.0. The van der Waals surface area contributed by atoms with E-state index in [0.29, 0.717) is 10.9 Å². The van der Waals surface area contributed by atoms with Gasteiger partial charge in [0.1, 0.15) is 0 Å². The summed E-state index contributed by atoms with van der Waals surface area (Å²) in [7, 11) is 3.06. The molecule has 0 spiro atoms. The zero-order valence-electron chi connectivity index (χ0n) is 10.5. The molecule has 0 aliphatic heterocycles. The number of hydrogen-bond acceptors (Lipinski definition) is 5. The second-order valence-corrected chi connectivity index (χ2v) is 4.18. The zero-order valence-corrected chi connectivity index (χ0v) is 11.2. The fourth-order valence-corrected chi connectivity index (χ4v) is 1.70. The van der Waals surface area contributed by atoms with Crippen LogP contribution in [0.3, 0.4) is 0 Å². The molecule has 2 heterocycles. The second kappa shape index (κ2) is 5.71. The van der Waals surface area contributed by atoms with Gasteiger partial charge in [-0.1, -0.05) is 11.6 Å². The monoisotopic (exact) mass is 281 g/mol. The van der Waals surface area contributed by atoms with Gasteiger partial charge < -0.3 is 9.47 Å². The molecule has 100 valence electrons. The molecule has 19 heavy (non-hydrogen) atoms. The van der Waals surface area contributed by atoms with E-state index in [1.54, 1.807) is 36.3 Å². The standard InChI is InChI=1S/C12H12ClN3O3/c1-16-10(8-3-9(13)6-14-5-8)4-11(15-16)19-7-12(17)18-2/h3-6H,7H2,1-2H3. The van der Waals surface area contributed by atoms with Crippen LogP contribution >= 0.6 is 11.6 Å². The number of aryl methyl sites for hydroxylation is 1. The van der Waals surface area contributed by atoms with E-state index in [4.69, 9.17) is 16.3 Å². The number of halogens is 1. The molecule has 0 fully saturated rings. The maximum atomic E-state index is 11.0. The molecule has 0 bridgehead atoms. The fraction of sp³-hybridized carbons (Fsp3) is 0.250. The molecule has 0 aliphatic carbocycles. The average Bonchev–Trinajstić information content (AvgIpc) is 2.77. The van der Waals surface area contributed by atoms with Crippen LogP contribution in [0.15, 0.2) is 24.5 Å². The molecule has 6 nitrogen and oxygen atoms in total. The summed E-state index contributed by atoms with van der Waals surface area (Å²) in [6, 6.07) is 3.48. The Morgan fingerprint density at radius 2 is 2.21 bits per heavy atom. The van der Waals surface area contributed by atoms with E-state index in [-0.39, 0.29) is 6.61 Å². The van der Waals surface area contributed by atoms with Gasteiger partial charge in [-0.3, -0.25) is 9.67 Å². The lowest BCUT2D eigenvalue weighted by Crippen LogP contribution is -2.12. The summed E-state index contributed by atoms with van der Waals surface area (Å²) in [6.45, 7) is -0.180. The average molecular weight is 282 g/mol. The molecule has 0 N–H and O–H groups in total. The van der Waals surface area contributed by atoms with Gasteiger partial charge in [0.15, 0.2) is 6.61 Å². The van der Waals surface area contributed by atoms with Crippen LogP contribution in [0, 0.1) is 0 Å². The van der Waals surface area contributed by atoms with Crippen LogP contribution in [0.1, 0.15) is 0 Å². The van der Waals surface area contributed by atoms with Gasteiger partial charge in [0, 0.05) is 31.1 Å². The summed E-state index contributed by atoms with van der Waals surface area (Å²) < 4.78 is 11.3. The van der Waals surface area contributed by atoms with E-state index in [0.717, 1.165) is 11.3 Å². The number of carbonyl (C=O) groups is 1. The Morgan fingerprint density at radius 3 is 2.89 bits per heavy atom. The number of esters is 1. The molecule has 2 rings (SSSR count). The van der Waals surface area contributed by atoms with Gasteiger partial charge in [0.25, 0.3) is 0 Å². The molecule has 0 saturated carbocycles. The molecule has 0 saturated heterocycles. The van der Waals surface area contributed by atoms with Crippen molar-refractivity contribution in [2.24, 2.45) is 7.05 Å². The van der Waals surface area contributed by atoms with Crippen LogP contribution in [0.4, 0.5) is 0 Å². The van der Waals surface area contributed by atoms with Crippen molar-refractivity contribution < 1.29 is 14.3 Å². The first-order chi connectivity index (χ1) is 9.10. The SMILES string of the molecule is COC(=O)COc1cc(-c2cncc(Cl)c2)n(C)n1. The molecule has 0 atom stereocenters. The molecular formula is C12H12ClN3O3. The largest absolute Gasteiger partial charge is 0.466 e. The quantitative estimate of drug-likeness (QED) is 0.798. The van der Waals surface area contributed by atoms with Crippen LogP contribution in [0.25, 0.3) is 11.3 Å². The Hall–Kier alpha value is -2.08. The topological polar surface area (TPSA) is 66.2 Å². The van der Waals surface area contributed by atoms with E-state index < -0.39 is 5.97 Å². The molecule has 0 aliphatic rings. The molecular weight excluding hydrogens is 270 g/mol. The molecule has 0 amide bonds. The maximum Gasteiger partial charge on any atom is 0.343 e. The first-order valence-corrected chi connectivity index (χ1v) is 5.82. The third-order valence-corrected chi connectivity index (χ3v) is 2.63. The number of pyridine rings is 1. The van der Waals surface area contributed by atoms with Crippen LogP contribution < -0.4 is 4.74 Å². The Labute approximate surface area is 114 Å². The van der Waals surface area contributed by atoms with Crippen LogP contribution in [-0.2, 0) is 16.6 Å². The number of rotatable bonds is 4. The minimum absolute atomic E-state index is 0.180. The number of ether oxygens (including phenoxy) is 2. The highest BCUT2D eigenvalue weighted by Crippen LogP contribution is 2.24. The highest BCUT2D eigenvalue weighted by molar-refractivity contribution is 6.30. The third kappa shape index (κ3) is 3.23. The van der Waals surface area contributed by atoms with Crippen molar-refractivity contribution in [1.29, 1.82) is 0 Å². The lowest BCUT2D eigenvalue weighted by Gasteiger charge is -2.00. The predicted molar refractivity (Wildman–Crippen MR) is 69.0 cm³/mol. The Balaban J connectivity index is 2.19. The second-order valence-electron chi connectivity index (χ2n) is 3.75. The number of carbonyl (C=O) groups excluding carboxylic acids is 1. The van der Waals surface area contributed by atoms with E-state index in [1.807, 2.05) is 0 Å². The maximum absolute atomic E-state index is 11.0. The van der Waals surface area contributed by atoms with Gasteiger partial charge in [-0.25, -0.2) is 4.79 Å². The molecule has 0 unspecified atom stereocenters. The van der Waals surface area contributed by atoms with Gasteiger partial charge in [0.05, 0.1) is 17.8 Å². The van der Waals surface area contributed by atoms with Crippen molar-refractivity contribution in [2.75, 3.05) is 13.7 Å². The van der Waals surface area contributed by atoms with Gasteiger partial charge in [-0.05, 0) is 6.07 Å². The molecule has 0 radical (unpaired) electrons. The molecule has 0 aromatic carbocycles. The summed E-state index contributed by atoms with van der Waals surface area (Å²) >= 11 is 5.89. The lowest BCUT2D eigenvalue weighted by molar-refractivity contribution is -0.143. The minimum Gasteiger partial charge on any atom is -0.466 e. The summed E-state index contributed by atoms with van der Waals surface area (Å²) in [5.74, 6) is -0.125. The highest BCUT2D eigenvalue weighted by Gasteiger charge is 2.10. The van der Waals surface area contributed by atoms with Gasteiger partial charge in [-0.15, -0.1) is 5.10 Å². The van der Waals surface area contributed by atoms with Crippen LogP contribution in [0.2, 0.25) is 5.02 Å². The third-order valence-electron chi connectivity index (χ3n) is 2.42. The van der Waals surface area contributed by atoms with E-state index in [9.17, 15) is 4.79 Å². The highest BCUT2D eigenvalue weighted by atomic mass is 35.5. The van der Waals surface area contributed by atoms with Crippen molar-refractivity contribution >= 4 is 17.6 Å². The van der Waals surface area contributed by atoms with Gasteiger partial charge >= 0.3 is 5.97 Å². The fourth-order valence-electron chi connectivity index (χ4n) is 1.53. The lowest BCUT2D eigenvalue weighted by atomic mass is 10.2. The molecule has 2 aromatic rings. The van der Waals surface area contributed by atoms with E-state index >= 15 is 0 Å². The summed E-state index contributed by atoms with van der Waals surface area (Å²) in [6.07, 6.45) is 3.23. The van der Waals surface area contributed by atoms with Crippen molar-refractivity contribution in [3.05, 3.63) is 29.5 Å². The summed E-state index contributed by atoms with van der Waals surface area (Å²) in [5.41, 5.74) is 1.60. The Morgan fingerprint density at radius 1 is 1.42 bits per heavy atom. The number of nitrogens with zero attached hydrogens (tertiary/aromatic N) is 3. The normalized spacial score (nSPS) is 10.3. The Bertz CT molecular complexity index is 598.